The molecule has 0 saturated carbocycles. The zero-order valence-electron chi connectivity index (χ0n) is 11.6. The van der Waals surface area contributed by atoms with Gasteiger partial charge in [0.2, 0.25) is 5.89 Å². The molecule has 4 nitrogen and oxygen atoms in total. The predicted molar refractivity (Wildman–Crippen MR) is 84.3 cm³/mol. The summed E-state index contributed by atoms with van der Waals surface area (Å²) in [7, 11) is 0. The lowest BCUT2D eigenvalue weighted by atomic mass is 10.1. The fraction of sp³-hybridized carbons (Fsp3) is 0. The smallest absolute Gasteiger partial charge is 0.251 e. The van der Waals surface area contributed by atoms with E-state index in [1.807, 2.05) is 60.7 Å². The topological polar surface area (TPSA) is 59.2 Å². The molecular formula is C18H12N2O2. The minimum atomic E-state index is 0.127. The molecule has 4 rings (SSSR count). The van der Waals surface area contributed by atoms with Crippen LogP contribution in [-0.2, 0) is 0 Å². The molecule has 0 bridgehead atoms. The van der Waals surface area contributed by atoms with E-state index in [1.54, 1.807) is 6.07 Å². The van der Waals surface area contributed by atoms with Crippen molar-refractivity contribution in [2.75, 3.05) is 0 Å². The van der Waals surface area contributed by atoms with Gasteiger partial charge in [-0.05, 0) is 35.0 Å². The normalized spacial score (nSPS) is 10.9. The third kappa shape index (κ3) is 2.11. The summed E-state index contributed by atoms with van der Waals surface area (Å²) in [5.74, 6) is 0.868. The Morgan fingerprint density at radius 3 is 2.14 bits per heavy atom. The van der Waals surface area contributed by atoms with Gasteiger partial charge in [-0.25, -0.2) is 0 Å². The van der Waals surface area contributed by atoms with Crippen molar-refractivity contribution in [1.82, 2.24) is 10.2 Å². The highest BCUT2D eigenvalue weighted by molar-refractivity contribution is 5.89. The minimum absolute atomic E-state index is 0.127. The first-order valence-corrected chi connectivity index (χ1v) is 6.92. The van der Waals surface area contributed by atoms with E-state index in [2.05, 4.69) is 10.2 Å². The number of aromatic hydroxyl groups is 1. The summed E-state index contributed by atoms with van der Waals surface area (Å²) in [6.07, 6.45) is 0. The molecule has 3 aromatic carbocycles. The Balaban J connectivity index is 1.82. The molecule has 1 N–H and O–H groups in total. The van der Waals surface area contributed by atoms with E-state index in [4.69, 9.17) is 4.42 Å². The Hall–Kier alpha value is -3.14. The van der Waals surface area contributed by atoms with E-state index in [0.29, 0.717) is 17.3 Å². The summed E-state index contributed by atoms with van der Waals surface area (Å²) in [5, 5.41) is 20.3. The molecule has 0 saturated heterocycles. The number of hydrogen-bond acceptors (Lipinski definition) is 4. The van der Waals surface area contributed by atoms with Crippen molar-refractivity contribution >= 4 is 10.8 Å². The van der Waals surface area contributed by atoms with E-state index in [-0.39, 0.29) is 5.75 Å². The highest BCUT2D eigenvalue weighted by Crippen LogP contribution is 2.33. The van der Waals surface area contributed by atoms with Gasteiger partial charge < -0.3 is 9.52 Å². The number of nitrogens with zero attached hydrogens (tertiary/aromatic N) is 2. The van der Waals surface area contributed by atoms with E-state index < -0.39 is 0 Å². The maximum absolute atomic E-state index is 10.2. The quantitative estimate of drug-likeness (QED) is 0.598. The average Bonchev–Trinajstić information content (AvgIpc) is 3.05. The fourth-order valence-corrected chi connectivity index (χ4v) is 2.43. The lowest BCUT2D eigenvalue weighted by Gasteiger charge is -2.03. The third-order valence-electron chi connectivity index (χ3n) is 3.54. The van der Waals surface area contributed by atoms with Gasteiger partial charge in [-0.3, -0.25) is 0 Å². The number of hydrogen-bond donors (Lipinski definition) is 1. The van der Waals surface area contributed by atoms with E-state index in [1.165, 1.54) is 0 Å². The first-order chi connectivity index (χ1) is 10.8. The molecular weight excluding hydrogens is 276 g/mol. The molecule has 0 spiro atoms. The van der Waals surface area contributed by atoms with Gasteiger partial charge >= 0.3 is 0 Å². The summed E-state index contributed by atoms with van der Waals surface area (Å²) in [6, 6.07) is 20.9. The molecule has 1 heterocycles. The maximum Gasteiger partial charge on any atom is 0.251 e. The first kappa shape index (κ1) is 12.6. The largest absolute Gasteiger partial charge is 0.507 e. The Morgan fingerprint density at radius 2 is 1.36 bits per heavy atom. The Morgan fingerprint density at radius 1 is 0.727 bits per heavy atom. The Bertz CT molecular complexity index is 946. The number of rotatable bonds is 2. The monoisotopic (exact) mass is 288 g/mol. The van der Waals surface area contributed by atoms with Crippen LogP contribution in [0.4, 0.5) is 0 Å². The molecule has 1 aromatic heterocycles. The average molecular weight is 288 g/mol. The lowest BCUT2D eigenvalue weighted by Crippen LogP contribution is -1.81. The summed E-state index contributed by atoms with van der Waals surface area (Å²) >= 11 is 0. The molecule has 0 aliphatic rings. The number of fused-ring (bicyclic) bond motifs is 1. The SMILES string of the molecule is Oc1cc2ccccc2cc1-c1nnc(-c2ccccc2)o1. The highest BCUT2D eigenvalue weighted by atomic mass is 16.4. The molecule has 4 heteroatoms. The van der Waals surface area contributed by atoms with Crippen LogP contribution in [0.25, 0.3) is 33.7 Å². The molecule has 4 aromatic rings. The molecule has 0 amide bonds. The maximum atomic E-state index is 10.2. The van der Waals surface area contributed by atoms with Crippen LogP contribution in [0, 0.1) is 0 Å². The zero-order valence-corrected chi connectivity index (χ0v) is 11.6. The van der Waals surface area contributed by atoms with Crippen LogP contribution >= 0.6 is 0 Å². The number of phenols is 1. The van der Waals surface area contributed by atoms with Gasteiger partial charge in [-0.15, -0.1) is 10.2 Å². The number of aromatic nitrogens is 2. The van der Waals surface area contributed by atoms with Crippen molar-refractivity contribution in [3.8, 4) is 28.7 Å². The molecule has 0 fully saturated rings. The molecule has 0 unspecified atom stereocenters. The van der Waals surface area contributed by atoms with Crippen molar-refractivity contribution in [3.63, 3.8) is 0 Å². The van der Waals surface area contributed by atoms with Crippen molar-refractivity contribution in [2.45, 2.75) is 0 Å². The van der Waals surface area contributed by atoms with Crippen LogP contribution in [0.2, 0.25) is 0 Å². The second-order valence-corrected chi connectivity index (χ2v) is 4.99. The highest BCUT2D eigenvalue weighted by Gasteiger charge is 2.14. The Labute approximate surface area is 126 Å². The predicted octanol–water partition coefficient (Wildman–Crippen LogP) is 4.26. The van der Waals surface area contributed by atoms with E-state index in [0.717, 1.165) is 16.3 Å². The van der Waals surface area contributed by atoms with Crippen LogP contribution in [0.5, 0.6) is 5.75 Å². The Kier molecular flexibility index (Phi) is 2.86. The standard InChI is InChI=1S/C18H12N2O2/c21-16-11-14-9-5-4-8-13(14)10-15(16)18-20-19-17(22-18)12-6-2-1-3-7-12/h1-11,21H. The fourth-order valence-electron chi connectivity index (χ4n) is 2.43. The van der Waals surface area contributed by atoms with Crippen molar-refractivity contribution in [1.29, 1.82) is 0 Å². The third-order valence-corrected chi connectivity index (χ3v) is 3.54. The minimum Gasteiger partial charge on any atom is -0.507 e. The van der Waals surface area contributed by atoms with Gasteiger partial charge in [0.15, 0.2) is 0 Å². The molecule has 0 atom stereocenters. The molecule has 22 heavy (non-hydrogen) atoms. The number of phenolic OH excluding ortho intramolecular Hbond substituents is 1. The number of benzene rings is 3. The van der Waals surface area contributed by atoms with Gasteiger partial charge in [-0.1, -0.05) is 42.5 Å². The van der Waals surface area contributed by atoms with Crippen LogP contribution in [0.1, 0.15) is 0 Å². The second kappa shape index (κ2) is 5.00. The molecule has 0 aliphatic carbocycles. The van der Waals surface area contributed by atoms with E-state index in [9.17, 15) is 5.11 Å². The summed E-state index contributed by atoms with van der Waals surface area (Å²) < 4.78 is 5.70. The van der Waals surface area contributed by atoms with Crippen molar-refractivity contribution < 1.29 is 9.52 Å². The van der Waals surface area contributed by atoms with E-state index >= 15 is 0 Å². The van der Waals surface area contributed by atoms with Crippen molar-refractivity contribution in [2.24, 2.45) is 0 Å². The zero-order chi connectivity index (χ0) is 14.9. The van der Waals surface area contributed by atoms with Gasteiger partial charge in [-0.2, -0.15) is 0 Å². The molecule has 0 radical (unpaired) electrons. The first-order valence-electron chi connectivity index (χ1n) is 6.92. The van der Waals surface area contributed by atoms with Gasteiger partial charge in [0.1, 0.15) is 5.75 Å². The summed E-state index contributed by atoms with van der Waals surface area (Å²) in [5.41, 5.74) is 1.38. The summed E-state index contributed by atoms with van der Waals surface area (Å²) in [4.78, 5) is 0. The van der Waals surface area contributed by atoms with Gasteiger partial charge in [0.05, 0.1) is 5.56 Å². The van der Waals surface area contributed by atoms with Gasteiger partial charge in [0, 0.05) is 5.56 Å². The van der Waals surface area contributed by atoms with Gasteiger partial charge in [0.25, 0.3) is 5.89 Å². The lowest BCUT2D eigenvalue weighted by molar-refractivity contribution is 0.474. The summed E-state index contributed by atoms with van der Waals surface area (Å²) in [6.45, 7) is 0. The van der Waals surface area contributed by atoms with Crippen LogP contribution < -0.4 is 0 Å². The molecule has 106 valence electrons. The van der Waals surface area contributed by atoms with Crippen LogP contribution in [-0.4, -0.2) is 15.3 Å². The van der Waals surface area contributed by atoms with Crippen LogP contribution in [0.15, 0.2) is 71.1 Å². The second-order valence-electron chi connectivity index (χ2n) is 4.99. The molecule has 0 aliphatic heterocycles. The van der Waals surface area contributed by atoms with Crippen molar-refractivity contribution in [3.05, 3.63) is 66.7 Å². The van der Waals surface area contributed by atoms with Crippen LogP contribution in [0.3, 0.4) is 0 Å².